The molecular formula is C35H41F2N3O6. The summed E-state index contributed by atoms with van der Waals surface area (Å²) >= 11 is 0. The number of hydrogen-bond acceptors (Lipinski definition) is 6. The van der Waals surface area contributed by atoms with Crippen molar-refractivity contribution in [3.63, 3.8) is 0 Å². The Bertz CT molecular complexity index is 1420. The number of aliphatic carboxylic acids is 1. The van der Waals surface area contributed by atoms with E-state index in [9.17, 15) is 33.1 Å². The number of ether oxygens (including phenoxy) is 1. The topological polar surface area (TPSA) is 116 Å². The molecule has 2 amide bonds. The number of rotatable bonds is 11. The molecule has 0 unspecified atom stereocenters. The largest absolute Gasteiger partial charge is 0.480 e. The smallest absolute Gasteiger partial charge is 0.323 e. The van der Waals surface area contributed by atoms with E-state index in [1.165, 1.54) is 11.9 Å². The average molecular weight is 638 g/mol. The van der Waals surface area contributed by atoms with Crippen LogP contribution in [0, 0.1) is 5.92 Å². The Morgan fingerprint density at radius 2 is 1.67 bits per heavy atom. The standard InChI is InChI=1S/C35H41F2N3O6/c1-39(21-31(41)42)34(45)30(19-23-14-16-35(36,37)17-15-23)40-18-8-2-3-13-29(33(40)44)38-20-32(43)46-22-28-26-11-6-4-9-24(26)25-10-5-7-12-27(25)28/h2-7,9-12,23,28-30,38H,8,13-22H2,1H3,(H,41,42)/b3-2-/t29-,30-/m0/s1. The summed E-state index contributed by atoms with van der Waals surface area (Å²) in [6.07, 6.45) is 4.50. The number of carbonyl (C=O) groups excluding carboxylic acids is 3. The molecule has 2 aromatic carbocycles. The van der Waals surface area contributed by atoms with Gasteiger partial charge in [0.2, 0.25) is 17.7 Å². The van der Waals surface area contributed by atoms with Crippen LogP contribution in [0.3, 0.4) is 0 Å². The zero-order valence-corrected chi connectivity index (χ0v) is 26.0. The second-order valence-corrected chi connectivity index (χ2v) is 12.5. The summed E-state index contributed by atoms with van der Waals surface area (Å²) in [6.45, 7) is -0.447. The molecule has 1 heterocycles. The third-order valence-electron chi connectivity index (χ3n) is 9.33. The van der Waals surface area contributed by atoms with E-state index < -0.39 is 48.3 Å². The van der Waals surface area contributed by atoms with E-state index in [0.29, 0.717) is 6.42 Å². The summed E-state index contributed by atoms with van der Waals surface area (Å²) in [6, 6.07) is 14.2. The summed E-state index contributed by atoms with van der Waals surface area (Å²) in [5, 5.41) is 12.3. The molecule has 2 aromatic rings. The molecule has 2 N–H and O–H groups in total. The normalized spacial score (nSPS) is 21.0. The van der Waals surface area contributed by atoms with Gasteiger partial charge in [-0.25, -0.2) is 8.78 Å². The van der Waals surface area contributed by atoms with Gasteiger partial charge in [-0.3, -0.25) is 24.5 Å². The van der Waals surface area contributed by atoms with Crippen molar-refractivity contribution in [1.29, 1.82) is 0 Å². The minimum Gasteiger partial charge on any atom is -0.480 e. The van der Waals surface area contributed by atoms with Crippen molar-refractivity contribution in [3.05, 3.63) is 71.8 Å². The zero-order valence-electron chi connectivity index (χ0n) is 26.0. The Labute approximate surface area is 267 Å². The predicted octanol–water partition coefficient (Wildman–Crippen LogP) is 4.61. The molecule has 11 heteroatoms. The van der Waals surface area contributed by atoms with Crippen molar-refractivity contribution in [2.24, 2.45) is 5.92 Å². The number of esters is 1. The monoisotopic (exact) mass is 637 g/mol. The summed E-state index contributed by atoms with van der Waals surface area (Å²) in [5.41, 5.74) is 4.41. The Hall–Kier alpha value is -4.12. The van der Waals surface area contributed by atoms with Crippen LogP contribution < -0.4 is 5.32 Å². The molecule has 246 valence electrons. The fraction of sp³-hybridized carbons (Fsp3) is 0.486. The molecule has 1 aliphatic heterocycles. The number of nitrogens with zero attached hydrogens (tertiary/aromatic N) is 2. The van der Waals surface area contributed by atoms with E-state index in [-0.39, 0.29) is 70.1 Å². The summed E-state index contributed by atoms with van der Waals surface area (Å²) in [5.74, 6) is -5.74. The van der Waals surface area contributed by atoms with Crippen LogP contribution in [-0.2, 0) is 23.9 Å². The Kier molecular flexibility index (Phi) is 10.5. The van der Waals surface area contributed by atoms with E-state index in [2.05, 4.69) is 17.4 Å². The lowest BCUT2D eigenvalue weighted by molar-refractivity contribution is -0.151. The lowest BCUT2D eigenvalue weighted by Gasteiger charge is -2.39. The third-order valence-corrected chi connectivity index (χ3v) is 9.33. The van der Waals surface area contributed by atoms with Gasteiger partial charge in [0.25, 0.3) is 0 Å². The highest BCUT2D eigenvalue weighted by Crippen LogP contribution is 2.44. The second kappa shape index (κ2) is 14.5. The van der Waals surface area contributed by atoms with E-state index in [1.54, 1.807) is 0 Å². The number of carboxylic acids is 1. The van der Waals surface area contributed by atoms with E-state index in [4.69, 9.17) is 4.74 Å². The maximum atomic E-state index is 14.0. The molecular weight excluding hydrogens is 596 g/mol. The molecule has 46 heavy (non-hydrogen) atoms. The van der Waals surface area contributed by atoms with Crippen molar-refractivity contribution in [1.82, 2.24) is 15.1 Å². The molecule has 2 atom stereocenters. The third kappa shape index (κ3) is 7.81. The van der Waals surface area contributed by atoms with Crippen LogP contribution in [-0.4, -0.2) is 90.0 Å². The number of nitrogens with one attached hydrogen (secondary N) is 1. The van der Waals surface area contributed by atoms with E-state index in [0.717, 1.165) is 27.2 Å². The molecule has 1 saturated carbocycles. The molecule has 0 aromatic heterocycles. The van der Waals surface area contributed by atoms with Gasteiger partial charge in [0, 0.05) is 32.4 Å². The first-order chi connectivity index (χ1) is 22.0. The van der Waals surface area contributed by atoms with E-state index in [1.807, 2.05) is 48.6 Å². The lowest BCUT2D eigenvalue weighted by atomic mass is 9.82. The van der Waals surface area contributed by atoms with Gasteiger partial charge in [-0.05, 0) is 60.3 Å². The highest BCUT2D eigenvalue weighted by atomic mass is 19.3. The number of hydrogen-bond donors (Lipinski definition) is 2. The van der Waals surface area contributed by atoms with Gasteiger partial charge in [0.1, 0.15) is 19.2 Å². The molecule has 2 aliphatic carbocycles. The van der Waals surface area contributed by atoms with Gasteiger partial charge in [0.15, 0.2) is 0 Å². The predicted molar refractivity (Wildman–Crippen MR) is 167 cm³/mol. The minimum atomic E-state index is -2.74. The van der Waals surface area contributed by atoms with Gasteiger partial charge in [-0.2, -0.15) is 0 Å². The number of likely N-dealkylation sites (N-methyl/N-ethyl adjacent to an activating group) is 1. The fourth-order valence-corrected chi connectivity index (χ4v) is 6.88. The second-order valence-electron chi connectivity index (χ2n) is 12.5. The van der Waals surface area contributed by atoms with Crippen LogP contribution in [0.4, 0.5) is 8.78 Å². The Morgan fingerprint density at radius 1 is 1.04 bits per heavy atom. The zero-order chi connectivity index (χ0) is 32.8. The number of carbonyl (C=O) groups is 4. The molecule has 5 rings (SSSR count). The first-order valence-electron chi connectivity index (χ1n) is 15.9. The molecule has 3 aliphatic rings. The van der Waals surface area contributed by atoms with Crippen LogP contribution >= 0.6 is 0 Å². The molecule has 0 radical (unpaired) electrons. The number of carboxylic acid groups (broad SMARTS) is 1. The molecule has 0 bridgehead atoms. The molecule has 1 fully saturated rings. The Balaban J connectivity index is 1.25. The quantitative estimate of drug-likeness (QED) is 0.273. The van der Waals surface area contributed by atoms with Crippen molar-refractivity contribution >= 4 is 23.8 Å². The van der Waals surface area contributed by atoms with Gasteiger partial charge in [-0.1, -0.05) is 60.7 Å². The van der Waals surface area contributed by atoms with Crippen molar-refractivity contribution in [2.45, 2.75) is 68.9 Å². The Morgan fingerprint density at radius 3 is 2.30 bits per heavy atom. The number of halogens is 2. The maximum absolute atomic E-state index is 14.0. The van der Waals surface area contributed by atoms with Crippen molar-refractivity contribution in [3.8, 4) is 11.1 Å². The number of benzene rings is 2. The van der Waals surface area contributed by atoms with Crippen LogP contribution in [0.25, 0.3) is 11.1 Å². The van der Waals surface area contributed by atoms with Crippen LogP contribution in [0.15, 0.2) is 60.7 Å². The number of fused-ring (bicyclic) bond motifs is 3. The average Bonchev–Trinajstić information content (AvgIpc) is 3.34. The van der Waals surface area contributed by atoms with Gasteiger partial charge in [-0.15, -0.1) is 0 Å². The lowest BCUT2D eigenvalue weighted by Crippen LogP contribution is -2.57. The highest BCUT2D eigenvalue weighted by Gasteiger charge is 2.41. The first kappa shape index (κ1) is 33.2. The van der Waals surface area contributed by atoms with E-state index >= 15 is 0 Å². The minimum absolute atomic E-state index is 0.105. The summed E-state index contributed by atoms with van der Waals surface area (Å²) in [4.78, 5) is 54.4. The summed E-state index contributed by atoms with van der Waals surface area (Å²) < 4.78 is 33.5. The van der Waals surface area contributed by atoms with Crippen LogP contribution in [0.1, 0.15) is 62.0 Å². The fourth-order valence-electron chi connectivity index (χ4n) is 6.88. The highest BCUT2D eigenvalue weighted by molar-refractivity contribution is 5.91. The molecule has 9 nitrogen and oxygen atoms in total. The number of alkyl halides is 2. The van der Waals surface area contributed by atoms with Crippen molar-refractivity contribution in [2.75, 3.05) is 33.3 Å². The first-order valence-corrected chi connectivity index (χ1v) is 15.9. The SMILES string of the molecule is CN(CC(=O)O)C(=O)[C@H](CC1CCC(F)(F)CC1)N1CC/C=C\C[C@H](NCC(=O)OCC2c3ccccc3-c3ccccc32)C1=O. The summed E-state index contributed by atoms with van der Waals surface area (Å²) in [7, 11) is 1.36. The maximum Gasteiger partial charge on any atom is 0.323 e. The van der Waals surface area contributed by atoms with Gasteiger partial charge >= 0.3 is 11.9 Å². The van der Waals surface area contributed by atoms with Gasteiger partial charge in [0.05, 0.1) is 12.6 Å². The number of amides is 2. The van der Waals surface area contributed by atoms with Gasteiger partial charge < -0.3 is 19.6 Å². The van der Waals surface area contributed by atoms with Crippen LogP contribution in [0.5, 0.6) is 0 Å². The molecule has 0 saturated heterocycles. The molecule has 0 spiro atoms. The van der Waals surface area contributed by atoms with Crippen molar-refractivity contribution < 1.29 is 37.8 Å². The van der Waals surface area contributed by atoms with Crippen LogP contribution in [0.2, 0.25) is 0 Å².